The Bertz CT molecular complexity index is 826. The summed E-state index contributed by atoms with van der Waals surface area (Å²) < 4.78 is 22.9. The maximum Gasteiger partial charge on any atom is 0.410 e. The molecule has 6 heteroatoms. The second-order valence-electron chi connectivity index (χ2n) is 7.97. The minimum atomic E-state index is -0.999. The Kier molecular flexibility index (Phi) is 5.86. The second-order valence-corrected chi connectivity index (χ2v) is 9.35. The predicted octanol–water partition coefficient (Wildman–Crippen LogP) is 4.83. The van der Waals surface area contributed by atoms with E-state index in [0.29, 0.717) is 19.0 Å². The molecule has 1 fully saturated rings. The number of furan rings is 1. The first-order valence-electron chi connectivity index (χ1n) is 9.24. The summed E-state index contributed by atoms with van der Waals surface area (Å²) in [4.78, 5) is 14.7. The van der Waals surface area contributed by atoms with Crippen LogP contribution in [0.15, 0.2) is 39.7 Å². The summed E-state index contributed by atoms with van der Waals surface area (Å²) >= 11 is -0.999. The molecule has 1 atom stereocenters. The number of piperidine rings is 1. The van der Waals surface area contributed by atoms with Gasteiger partial charge in [0.05, 0.1) is 0 Å². The van der Waals surface area contributed by atoms with E-state index in [4.69, 9.17) is 9.15 Å². The molecule has 1 aromatic heterocycles. The van der Waals surface area contributed by atoms with Crippen LogP contribution in [-0.4, -0.2) is 40.5 Å². The first-order valence-corrected chi connectivity index (χ1v) is 10.8. The van der Waals surface area contributed by atoms with Crippen molar-refractivity contribution in [2.24, 2.45) is 5.92 Å². The monoisotopic (exact) mass is 389 g/mol. The van der Waals surface area contributed by atoms with Gasteiger partial charge in [0.1, 0.15) is 23.2 Å². The number of hydrogen-bond donors (Lipinski definition) is 0. The van der Waals surface area contributed by atoms with Crippen molar-refractivity contribution in [2.75, 3.05) is 19.3 Å². The quantitative estimate of drug-likeness (QED) is 0.705. The second kappa shape index (κ2) is 7.98. The van der Waals surface area contributed by atoms with Gasteiger partial charge in [-0.25, -0.2) is 4.79 Å². The zero-order chi connectivity index (χ0) is 19.6. The summed E-state index contributed by atoms with van der Waals surface area (Å²) in [5.41, 5.74) is 0.336. The van der Waals surface area contributed by atoms with Gasteiger partial charge < -0.3 is 18.6 Å². The minimum Gasteiger partial charge on any atom is -0.612 e. The molecular weight excluding hydrogens is 362 g/mol. The summed E-state index contributed by atoms with van der Waals surface area (Å²) in [5.74, 6) is 1.20. The molecule has 1 aliphatic rings. The summed E-state index contributed by atoms with van der Waals surface area (Å²) in [6, 6.07) is 7.58. The predicted molar refractivity (Wildman–Crippen MR) is 108 cm³/mol. The molecule has 2 aromatic rings. The Balaban J connectivity index is 1.58. The van der Waals surface area contributed by atoms with Gasteiger partial charge >= 0.3 is 6.09 Å². The van der Waals surface area contributed by atoms with E-state index in [1.165, 1.54) is 0 Å². The molecule has 0 spiro atoms. The first kappa shape index (κ1) is 19.8. The van der Waals surface area contributed by atoms with Gasteiger partial charge in [0, 0.05) is 24.5 Å². The van der Waals surface area contributed by atoms with Crippen LogP contribution in [0.3, 0.4) is 0 Å². The van der Waals surface area contributed by atoms with Crippen LogP contribution in [0, 0.1) is 5.92 Å². The van der Waals surface area contributed by atoms with Crippen molar-refractivity contribution in [3.05, 3.63) is 36.1 Å². The number of amides is 1. The van der Waals surface area contributed by atoms with Gasteiger partial charge in [-0.15, -0.1) is 0 Å². The molecule has 0 saturated carbocycles. The van der Waals surface area contributed by atoms with Crippen molar-refractivity contribution < 1.29 is 18.5 Å². The van der Waals surface area contributed by atoms with E-state index in [-0.39, 0.29) is 6.09 Å². The fourth-order valence-corrected chi connectivity index (χ4v) is 3.69. The van der Waals surface area contributed by atoms with Crippen molar-refractivity contribution in [2.45, 2.75) is 44.1 Å². The molecule has 1 aliphatic heterocycles. The highest BCUT2D eigenvalue weighted by Crippen LogP contribution is 2.26. The lowest BCUT2D eigenvalue weighted by molar-refractivity contribution is 0.0197. The van der Waals surface area contributed by atoms with E-state index in [1.54, 1.807) is 11.2 Å². The highest BCUT2D eigenvalue weighted by molar-refractivity contribution is 7.90. The van der Waals surface area contributed by atoms with Gasteiger partial charge in [-0.2, -0.15) is 0 Å². The summed E-state index contributed by atoms with van der Waals surface area (Å²) in [6.45, 7) is 7.06. The van der Waals surface area contributed by atoms with Gasteiger partial charge in [-0.05, 0) is 75.0 Å². The molecule has 2 heterocycles. The van der Waals surface area contributed by atoms with Crippen LogP contribution >= 0.6 is 0 Å². The lowest BCUT2D eigenvalue weighted by atomic mass is 9.96. The van der Waals surface area contributed by atoms with Gasteiger partial charge in [0.15, 0.2) is 4.90 Å². The highest BCUT2D eigenvalue weighted by atomic mass is 32.2. The van der Waals surface area contributed by atoms with Gasteiger partial charge in [-0.3, -0.25) is 0 Å². The van der Waals surface area contributed by atoms with E-state index >= 15 is 0 Å². The molecule has 1 amide bonds. The van der Waals surface area contributed by atoms with E-state index in [1.807, 2.05) is 51.1 Å². The number of carbonyl (C=O) groups is 1. The van der Waals surface area contributed by atoms with Crippen LogP contribution in [-0.2, 0) is 15.9 Å². The molecular formula is C21H27NO4S. The minimum absolute atomic E-state index is 0.230. The number of likely N-dealkylation sites (tertiary alicyclic amines) is 1. The van der Waals surface area contributed by atoms with Crippen LogP contribution in [0.2, 0.25) is 0 Å². The average Bonchev–Trinajstić information content (AvgIpc) is 3.01. The Morgan fingerprint density at radius 1 is 1.30 bits per heavy atom. The molecule has 0 bridgehead atoms. The lowest BCUT2D eigenvalue weighted by Crippen LogP contribution is -2.41. The number of rotatable bonds is 3. The van der Waals surface area contributed by atoms with Crippen LogP contribution in [0.5, 0.6) is 0 Å². The summed E-state index contributed by atoms with van der Waals surface area (Å²) in [6.07, 6.45) is 7.42. The zero-order valence-electron chi connectivity index (χ0n) is 16.4. The normalized spacial score (nSPS) is 17.6. The Hall–Kier alpha value is -1.92. The Morgan fingerprint density at radius 3 is 2.63 bits per heavy atom. The Labute approximate surface area is 163 Å². The number of hydrogen-bond acceptors (Lipinski definition) is 4. The smallest absolute Gasteiger partial charge is 0.410 e. The van der Waals surface area contributed by atoms with Crippen molar-refractivity contribution in [1.82, 2.24) is 4.90 Å². The first-order chi connectivity index (χ1) is 12.7. The lowest BCUT2D eigenvalue weighted by Gasteiger charge is -2.32. The fourth-order valence-electron chi connectivity index (χ4n) is 3.13. The van der Waals surface area contributed by atoms with Crippen LogP contribution in [0.1, 0.15) is 39.4 Å². The Morgan fingerprint density at radius 2 is 2.00 bits per heavy atom. The maximum absolute atomic E-state index is 12.1. The van der Waals surface area contributed by atoms with Crippen LogP contribution in [0.4, 0.5) is 4.79 Å². The molecule has 3 rings (SSSR count). The van der Waals surface area contributed by atoms with E-state index < -0.39 is 16.8 Å². The molecule has 0 N–H and O–H groups in total. The molecule has 0 aliphatic carbocycles. The average molecular weight is 390 g/mol. The highest BCUT2D eigenvalue weighted by Gasteiger charge is 2.25. The number of benzene rings is 1. The van der Waals surface area contributed by atoms with Gasteiger partial charge in [-0.1, -0.05) is 6.08 Å². The van der Waals surface area contributed by atoms with Crippen molar-refractivity contribution in [1.29, 1.82) is 0 Å². The number of nitrogens with zero attached hydrogens (tertiary/aromatic N) is 1. The third kappa shape index (κ3) is 5.30. The molecule has 5 nitrogen and oxygen atoms in total. The topological polar surface area (TPSA) is 65.7 Å². The number of allylic oxidation sites excluding steroid dienone is 1. The van der Waals surface area contributed by atoms with Crippen LogP contribution in [0.25, 0.3) is 17.0 Å². The third-order valence-electron chi connectivity index (χ3n) is 4.56. The number of ether oxygens (including phenoxy) is 1. The largest absolute Gasteiger partial charge is 0.612 e. The zero-order valence-corrected chi connectivity index (χ0v) is 17.2. The van der Waals surface area contributed by atoms with E-state index in [2.05, 4.69) is 6.08 Å². The molecule has 27 heavy (non-hydrogen) atoms. The maximum atomic E-state index is 12.1. The van der Waals surface area contributed by atoms with Gasteiger partial charge in [0.2, 0.25) is 0 Å². The third-order valence-corrected chi connectivity index (χ3v) is 5.48. The molecule has 1 aromatic carbocycles. The van der Waals surface area contributed by atoms with E-state index in [9.17, 15) is 9.35 Å². The fraction of sp³-hybridized carbons (Fsp3) is 0.476. The number of carbonyl (C=O) groups excluding carboxylic acids is 1. The SMILES string of the molecule is C[S+]([O-])c1ccc2oc(/C=C/C3CCN(C(=O)OC(C)(C)C)CC3)cc2c1. The number of fused-ring (bicyclic) bond motifs is 1. The van der Waals surface area contributed by atoms with Crippen molar-refractivity contribution in [3.63, 3.8) is 0 Å². The van der Waals surface area contributed by atoms with E-state index in [0.717, 1.165) is 34.5 Å². The van der Waals surface area contributed by atoms with Crippen molar-refractivity contribution >= 4 is 34.3 Å². The molecule has 0 radical (unpaired) electrons. The van der Waals surface area contributed by atoms with Gasteiger partial charge in [0.25, 0.3) is 0 Å². The summed E-state index contributed by atoms with van der Waals surface area (Å²) in [5, 5.41) is 0.960. The molecule has 146 valence electrons. The molecule has 1 saturated heterocycles. The molecule has 1 unspecified atom stereocenters. The van der Waals surface area contributed by atoms with Crippen molar-refractivity contribution in [3.8, 4) is 0 Å². The summed E-state index contributed by atoms with van der Waals surface area (Å²) in [7, 11) is 0. The van der Waals surface area contributed by atoms with Crippen LogP contribution < -0.4 is 0 Å². The standard InChI is InChI=1S/C21H27NO4S/c1-21(2,3)26-20(23)22-11-9-15(10-12-22)5-6-17-13-16-14-18(27(4)24)7-8-19(16)25-17/h5-8,13-15H,9-12H2,1-4H3/b6-5+.